The average molecular weight is 347 g/mol. The topological polar surface area (TPSA) is 99.0 Å². The van der Waals surface area contributed by atoms with Crippen molar-refractivity contribution in [3.05, 3.63) is 64.7 Å². The Hall–Kier alpha value is -2.86. The van der Waals surface area contributed by atoms with E-state index in [2.05, 4.69) is 10.5 Å². The molecule has 7 heteroatoms. The van der Waals surface area contributed by atoms with Crippen LogP contribution in [0.25, 0.3) is 0 Å². The Balaban J connectivity index is 2.04. The maximum atomic E-state index is 12.1. The van der Waals surface area contributed by atoms with Gasteiger partial charge in [0.1, 0.15) is 0 Å². The second-order valence-electron chi connectivity index (χ2n) is 4.98. The molecule has 0 aliphatic rings. The first kappa shape index (κ1) is 17.5. The Bertz CT molecular complexity index is 755. The number of carboxylic acid groups (broad SMARTS) is 1. The maximum Gasteiger partial charge on any atom is 0.303 e. The molecule has 0 heterocycles. The predicted octanol–water partition coefficient (Wildman–Crippen LogP) is 3.64. The number of aliphatic carboxylic acids is 1. The van der Waals surface area contributed by atoms with E-state index >= 15 is 0 Å². The minimum Gasteiger partial charge on any atom is -0.481 e. The molecule has 0 fully saturated rings. The molecule has 2 aromatic rings. The molecule has 0 aromatic heterocycles. The third-order valence-electron chi connectivity index (χ3n) is 3.28. The first-order valence-electron chi connectivity index (χ1n) is 7.09. The van der Waals surface area contributed by atoms with Crippen molar-refractivity contribution in [2.45, 2.75) is 12.8 Å². The maximum absolute atomic E-state index is 12.1. The van der Waals surface area contributed by atoms with Crippen LogP contribution in [0.3, 0.4) is 0 Å². The molecular formula is C17H15ClN2O4. The van der Waals surface area contributed by atoms with Gasteiger partial charge in [-0.2, -0.15) is 0 Å². The molecular weight excluding hydrogens is 332 g/mol. The Kier molecular flexibility index (Phi) is 5.92. The predicted molar refractivity (Wildman–Crippen MR) is 91.0 cm³/mol. The first-order valence-corrected chi connectivity index (χ1v) is 7.47. The van der Waals surface area contributed by atoms with Gasteiger partial charge in [0, 0.05) is 22.7 Å². The van der Waals surface area contributed by atoms with E-state index in [1.165, 1.54) is 0 Å². The van der Waals surface area contributed by atoms with Crippen molar-refractivity contribution in [2.24, 2.45) is 5.16 Å². The summed E-state index contributed by atoms with van der Waals surface area (Å²) in [5.74, 6) is -1.25. The van der Waals surface area contributed by atoms with Gasteiger partial charge in [0.25, 0.3) is 5.91 Å². The Morgan fingerprint density at radius 2 is 1.54 bits per heavy atom. The van der Waals surface area contributed by atoms with E-state index in [4.69, 9.17) is 21.9 Å². The zero-order valence-corrected chi connectivity index (χ0v) is 13.3. The van der Waals surface area contributed by atoms with Crippen LogP contribution in [0.2, 0.25) is 5.02 Å². The van der Waals surface area contributed by atoms with Crippen LogP contribution < -0.4 is 5.32 Å². The number of hydrogen-bond acceptors (Lipinski definition) is 4. The molecule has 0 spiro atoms. The van der Waals surface area contributed by atoms with E-state index in [1.807, 2.05) is 0 Å². The zero-order chi connectivity index (χ0) is 17.5. The number of oxime groups is 1. The van der Waals surface area contributed by atoms with Crippen molar-refractivity contribution in [2.75, 3.05) is 5.32 Å². The van der Waals surface area contributed by atoms with Gasteiger partial charge in [-0.1, -0.05) is 28.9 Å². The molecule has 6 nitrogen and oxygen atoms in total. The summed E-state index contributed by atoms with van der Waals surface area (Å²) in [6.45, 7) is 0. The Morgan fingerprint density at radius 1 is 0.958 bits per heavy atom. The number of halogens is 1. The van der Waals surface area contributed by atoms with Crippen LogP contribution in [0.1, 0.15) is 28.8 Å². The molecule has 0 unspecified atom stereocenters. The van der Waals surface area contributed by atoms with Gasteiger partial charge < -0.3 is 15.6 Å². The minimum absolute atomic E-state index is 0.113. The van der Waals surface area contributed by atoms with Gasteiger partial charge in [0.05, 0.1) is 12.1 Å². The van der Waals surface area contributed by atoms with Crippen molar-refractivity contribution in [1.82, 2.24) is 0 Å². The van der Waals surface area contributed by atoms with Crippen molar-refractivity contribution < 1.29 is 19.9 Å². The number of benzene rings is 2. The van der Waals surface area contributed by atoms with Crippen LogP contribution in [-0.2, 0) is 4.79 Å². The normalized spacial score (nSPS) is 11.1. The van der Waals surface area contributed by atoms with Gasteiger partial charge in [0.2, 0.25) is 0 Å². The highest BCUT2D eigenvalue weighted by molar-refractivity contribution is 6.30. The lowest BCUT2D eigenvalue weighted by molar-refractivity contribution is -0.136. The van der Waals surface area contributed by atoms with Crippen LogP contribution in [0.5, 0.6) is 0 Å². The van der Waals surface area contributed by atoms with Crippen LogP contribution in [-0.4, -0.2) is 27.9 Å². The van der Waals surface area contributed by atoms with E-state index in [0.717, 1.165) is 0 Å². The summed E-state index contributed by atoms with van der Waals surface area (Å²) >= 11 is 5.78. The minimum atomic E-state index is -0.969. The van der Waals surface area contributed by atoms with Gasteiger partial charge in [-0.15, -0.1) is 0 Å². The van der Waals surface area contributed by atoms with Crippen LogP contribution >= 0.6 is 11.6 Å². The standard InChI is InChI=1S/C17H15ClN2O4/c18-13-5-1-12(2-6-13)17(23)19-14-7-3-11(4-8-14)15(20-24)9-10-16(21)22/h1-8,24H,9-10H2,(H,19,23)(H,21,22)/b20-15+. The quantitative estimate of drug-likeness (QED) is 0.422. The highest BCUT2D eigenvalue weighted by Gasteiger charge is 2.09. The number of hydrogen-bond donors (Lipinski definition) is 3. The Labute approximate surface area is 143 Å². The van der Waals surface area contributed by atoms with Crippen molar-refractivity contribution >= 4 is 34.9 Å². The van der Waals surface area contributed by atoms with Gasteiger partial charge in [0.15, 0.2) is 0 Å². The van der Waals surface area contributed by atoms with Gasteiger partial charge in [-0.3, -0.25) is 9.59 Å². The summed E-state index contributed by atoms with van der Waals surface area (Å²) < 4.78 is 0. The van der Waals surface area contributed by atoms with E-state index in [0.29, 0.717) is 21.8 Å². The van der Waals surface area contributed by atoms with E-state index in [9.17, 15) is 9.59 Å². The highest BCUT2D eigenvalue weighted by Crippen LogP contribution is 2.15. The number of amides is 1. The van der Waals surface area contributed by atoms with Crippen LogP contribution in [0.4, 0.5) is 5.69 Å². The number of carbonyl (C=O) groups excluding carboxylic acids is 1. The molecule has 2 rings (SSSR count). The fraction of sp³-hybridized carbons (Fsp3) is 0.118. The van der Waals surface area contributed by atoms with Crippen molar-refractivity contribution in [3.8, 4) is 0 Å². The largest absolute Gasteiger partial charge is 0.481 e. The summed E-state index contributed by atoms with van der Waals surface area (Å²) in [6.07, 6.45) is -0.0171. The second kappa shape index (κ2) is 8.12. The second-order valence-corrected chi connectivity index (χ2v) is 5.42. The molecule has 3 N–H and O–H groups in total. The number of carbonyl (C=O) groups is 2. The van der Waals surface area contributed by atoms with E-state index in [-0.39, 0.29) is 24.5 Å². The Morgan fingerprint density at radius 3 is 2.08 bits per heavy atom. The van der Waals surface area contributed by atoms with Gasteiger partial charge in [-0.25, -0.2) is 0 Å². The third-order valence-corrected chi connectivity index (χ3v) is 3.53. The number of anilines is 1. The number of carboxylic acids is 1. The summed E-state index contributed by atoms with van der Waals surface area (Å²) in [7, 11) is 0. The third kappa shape index (κ3) is 4.82. The average Bonchev–Trinajstić information content (AvgIpc) is 2.57. The summed E-state index contributed by atoms with van der Waals surface area (Å²) in [5, 5.41) is 24.1. The lowest BCUT2D eigenvalue weighted by Crippen LogP contribution is -2.12. The molecule has 0 bridgehead atoms. The van der Waals surface area contributed by atoms with Crippen LogP contribution in [0.15, 0.2) is 53.7 Å². The molecule has 2 aromatic carbocycles. The fourth-order valence-corrected chi connectivity index (χ4v) is 2.15. The van der Waals surface area contributed by atoms with E-state index < -0.39 is 5.97 Å². The molecule has 0 atom stereocenters. The van der Waals surface area contributed by atoms with Crippen molar-refractivity contribution in [3.63, 3.8) is 0 Å². The highest BCUT2D eigenvalue weighted by atomic mass is 35.5. The fourth-order valence-electron chi connectivity index (χ4n) is 2.03. The summed E-state index contributed by atoms with van der Waals surface area (Å²) in [4.78, 5) is 22.7. The number of nitrogens with zero attached hydrogens (tertiary/aromatic N) is 1. The number of rotatable bonds is 6. The van der Waals surface area contributed by atoms with Gasteiger partial charge in [-0.05, 0) is 42.0 Å². The van der Waals surface area contributed by atoms with E-state index in [1.54, 1.807) is 48.5 Å². The summed E-state index contributed by atoms with van der Waals surface area (Å²) in [5.41, 5.74) is 1.90. The molecule has 0 saturated carbocycles. The summed E-state index contributed by atoms with van der Waals surface area (Å²) in [6, 6.07) is 13.1. The molecule has 0 aliphatic carbocycles. The van der Waals surface area contributed by atoms with Gasteiger partial charge >= 0.3 is 5.97 Å². The first-order chi connectivity index (χ1) is 11.5. The smallest absolute Gasteiger partial charge is 0.303 e. The molecule has 0 saturated heterocycles. The molecule has 24 heavy (non-hydrogen) atoms. The SMILES string of the molecule is O=C(O)CC/C(=N\O)c1ccc(NC(=O)c2ccc(Cl)cc2)cc1. The molecule has 124 valence electrons. The lowest BCUT2D eigenvalue weighted by Gasteiger charge is -2.07. The zero-order valence-electron chi connectivity index (χ0n) is 12.6. The van der Waals surface area contributed by atoms with Crippen molar-refractivity contribution in [1.29, 1.82) is 0 Å². The molecule has 0 radical (unpaired) electrons. The molecule has 0 aliphatic heterocycles. The van der Waals surface area contributed by atoms with Crippen LogP contribution in [0, 0.1) is 0 Å². The number of nitrogens with one attached hydrogen (secondary N) is 1. The lowest BCUT2D eigenvalue weighted by atomic mass is 10.1. The molecule has 1 amide bonds. The monoisotopic (exact) mass is 346 g/mol.